The maximum Gasteiger partial charge on any atom is 0.416 e. The van der Waals surface area contributed by atoms with Crippen molar-refractivity contribution in [3.8, 4) is 21.1 Å². The van der Waals surface area contributed by atoms with Crippen LogP contribution >= 0.6 is 22.7 Å². The van der Waals surface area contributed by atoms with E-state index in [1.54, 1.807) is 45.3 Å². The van der Waals surface area contributed by atoms with Crippen molar-refractivity contribution in [3.63, 3.8) is 0 Å². The van der Waals surface area contributed by atoms with Crippen LogP contribution in [-0.4, -0.2) is 89.1 Å². The summed E-state index contributed by atoms with van der Waals surface area (Å²) in [6, 6.07) is 21.6. The molecule has 1 fully saturated rings. The van der Waals surface area contributed by atoms with E-state index in [1.807, 2.05) is 43.4 Å². The molecule has 0 radical (unpaired) electrons. The number of hydrogen-bond acceptors (Lipinski definition) is 15. The van der Waals surface area contributed by atoms with Gasteiger partial charge in [-0.15, -0.1) is 20.4 Å². The van der Waals surface area contributed by atoms with E-state index in [0.29, 0.717) is 21.7 Å². The topological polar surface area (TPSA) is 188 Å². The zero-order valence-corrected chi connectivity index (χ0v) is 38.5. The van der Waals surface area contributed by atoms with E-state index >= 15 is 0 Å². The van der Waals surface area contributed by atoms with Crippen molar-refractivity contribution in [3.05, 3.63) is 132 Å². The van der Waals surface area contributed by atoms with Crippen LogP contribution in [0.5, 0.6) is 0 Å². The fraction of sp³-hybridized carbons (Fsp3) is 0.283. The van der Waals surface area contributed by atoms with Gasteiger partial charge in [0.1, 0.15) is 28.3 Å². The molecule has 4 aromatic carbocycles. The minimum absolute atomic E-state index is 0.0239. The lowest BCUT2D eigenvalue weighted by Gasteiger charge is -2.27. The van der Waals surface area contributed by atoms with Crippen LogP contribution in [-0.2, 0) is 29.9 Å². The monoisotopic (exact) mass is 974 g/mol. The molecule has 0 aliphatic carbocycles. The van der Waals surface area contributed by atoms with Crippen molar-refractivity contribution in [2.24, 2.45) is 5.73 Å². The van der Waals surface area contributed by atoms with E-state index in [-0.39, 0.29) is 18.1 Å². The molecular weight excluding hydrogens is 931 g/mol. The van der Waals surface area contributed by atoms with Crippen molar-refractivity contribution in [1.82, 2.24) is 45.2 Å². The predicted molar refractivity (Wildman–Crippen MR) is 250 cm³/mol. The molecule has 354 valence electrons. The first-order chi connectivity index (χ1) is 32.2. The number of fused-ring (bicyclic) bond motifs is 2. The van der Waals surface area contributed by atoms with Crippen LogP contribution in [0.4, 0.5) is 41.4 Å². The van der Waals surface area contributed by atoms with Crippen molar-refractivity contribution in [2.75, 3.05) is 30.8 Å². The highest BCUT2D eigenvalue weighted by molar-refractivity contribution is 7.18. The van der Waals surface area contributed by atoms with Gasteiger partial charge in [-0.1, -0.05) is 46.9 Å². The molecule has 0 saturated carbocycles. The van der Waals surface area contributed by atoms with Crippen molar-refractivity contribution in [2.45, 2.75) is 63.7 Å². The molecule has 1 amide bonds. The summed E-state index contributed by atoms with van der Waals surface area (Å²) in [5, 5.41) is 20.2. The first-order valence-electron chi connectivity index (χ1n) is 20.8. The largest absolute Gasteiger partial charge is 0.443 e. The highest BCUT2D eigenvalue weighted by Crippen LogP contribution is 2.33. The molecule has 1 saturated heterocycles. The molecule has 1 aliphatic heterocycles. The number of nitrogens with two attached hydrogens (primary N) is 2. The van der Waals surface area contributed by atoms with Gasteiger partial charge in [0.25, 0.3) is 0 Å². The summed E-state index contributed by atoms with van der Waals surface area (Å²) in [5.74, 6) is 0. The van der Waals surface area contributed by atoms with Gasteiger partial charge in [0, 0.05) is 59.5 Å². The number of nitrogens with zero attached hydrogens (tertiary/aromatic N) is 10. The molecule has 68 heavy (non-hydrogen) atoms. The summed E-state index contributed by atoms with van der Waals surface area (Å²) >= 11 is 2.56. The predicted octanol–water partition coefficient (Wildman–Crippen LogP) is 9.77. The molecule has 3 atom stereocenters. The lowest BCUT2D eigenvalue weighted by Crippen LogP contribution is -2.44. The van der Waals surface area contributed by atoms with E-state index in [1.165, 1.54) is 52.4 Å². The molecule has 14 nitrogen and oxygen atoms in total. The second kappa shape index (κ2) is 20.6. The standard InChI is InChI=1S/C25H25F3N6O2S.C11H12F3N.C10H7N5S/c1-24(2,3)36-23(35)34(13-19(29)10-15-4-7-18(8-5-15)25(26,27)28)22-33-32-21(37-22)16-6-9-20-17(11-16)12-30-14-31-20;1-15-7-10(15)6-8-2-4-9(5-3-8)11(12,13)14;11-10-15-14-9(16-10)6-1-2-8-7(3-6)4-12-5-13-8/h4-9,11-12,14,19H,10,13,29H2,1-3H3;2-5,10H,6-7H2,1H3;1-5H,(H2,11,15)/t19-;10-,15?;/m00./s1. The molecular formula is C46H44F6N12O2S2. The molecule has 1 unspecified atom stereocenters. The van der Waals surface area contributed by atoms with Gasteiger partial charge in [0.15, 0.2) is 0 Å². The summed E-state index contributed by atoms with van der Waals surface area (Å²) in [6.07, 6.45) is -1.73. The smallest absolute Gasteiger partial charge is 0.416 e. The average Bonchev–Trinajstić information content (AvgIpc) is 3.59. The normalized spacial score (nSPS) is 15.2. The Kier molecular flexibility index (Phi) is 14.9. The van der Waals surface area contributed by atoms with Gasteiger partial charge in [-0.3, -0.25) is 0 Å². The fourth-order valence-corrected chi connectivity index (χ4v) is 8.06. The van der Waals surface area contributed by atoms with Gasteiger partial charge in [-0.2, -0.15) is 26.3 Å². The highest BCUT2D eigenvalue weighted by atomic mass is 32.1. The molecule has 8 aromatic rings. The Morgan fingerprint density at radius 2 is 1.25 bits per heavy atom. The molecule has 0 bridgehead atoms. The molecule has 22 heteroatoms. The number of rotatable bonds is 9. The second-order valence-corrected chi connectivity index (χ2v) is 18.6. The van der Waals surface area contributed by atoms with Crippen molar-refractivity contribution in [1.29, 1.82) is 0 Å². The zero-order chi connectivity index (χ0) is 48.8. The third-order valence-electron chi connectivity index (χ3n) is 10.1. The van der Waals surface area contributed by atoms with Crippen LogP contribution in [0.15, 0.2) is 110 Å². The van der Waals surface area contributed by atoms with Crippen molar-refractivity contribution < 1.29 is 35.9 Å². The first-order valence-corrected chi connectivity index (χ1v) is 22.4. The van der Waals surface area contributed by atoms with E-state index in [4.69, 9.17) is 16.2 Å². The number of ether oxygens (including phenoxy) is 1. The fourth-order valence-electron chi connectivity index (χ4n) is 6.61. The number of halogens is 6. The number of aromatic nitrogens is 8. The molecule has 4 N–H and O–H groups in total. The van der Waals surface area contributed by atoms with Gasteiger partial charge >= 0.3 is 18.4 Å². The molecule has 0 spiro atoms. The quantitative estimate of drug-likeness (QED) is 0.103. The summed E-state index contributed by atoms with van der Waals surface area (Å²) in [5.41, 5.74) is 14.8. The number of likely N-dealkylation sites (N-methyl/N-ethyl adjacent to an activating group) is 1. The lowest BCUT2D eigenvalue weighted by molar-refractivity contribution is -0.138. The summed E-state index contributed by atoms with van der Waals surface area (Å²) in [4.78, 5) is 32.9. The van der Waals surface area contributed by atoms with Crippen LogP contribution in [0.25, 0.3) is 42.9 Å². The average molecular weight is 975 g/mol. The number of carbonyl (C=O) groups is 1. The minimum atomic E-state index is -4.41. The van der Waals surface area contributed by atoms with Gasteiger partial charge in [0.2, 0.25) is 10.3 Å². The molecule has 4 aromatic heterocycles. The first kappa shape index (κ1) is 49.2. The second-order valence-electron chi connectivity index (χ2n) is 16.7. The van der Waals surface area contributed by atoms with Gasteiger partial charge < -0.3 is 21.1 Å². The van der Waals surface area contributed by atoms with Crippen LogP contribution < -0.4 is 16.4 Å². The van der Waals surface area contributed by atoms with E-state index in [9.17, 15) is 31.1 Å². The summed E-state index contributed by atoms with van der Waals surface area (Å²) in [7, 11) is 2.01. The Labute approximate surface area is 394 Å². The zero-order valence-electron chi connectivity index (χ0n) is 36.9. The molecule has 5 heterocycles. The Morgan fingerprint density at radius 1 is 0.750 bits per heavy atom. The Bertz CT molecular complexity index is 2960. The van der Waals surface area contributed by atoms with Crippen LogP contribution in [0.3, 0.4) is 0 Å². The minimum Gasteiger partial charge on any atom is -0.443 e. The number of hydrogen-bond donors (Lipinski definition) is 2. The third-order valence-corrected chi connectivity index (χ3v) is 11.9. The van der Waals surface area contributed by atoms with Gasteiger partial charge in [-0.25, -0.2) is 29.6 Å². The third kappa shape index (κ3) is 13.5. The van der Waals surface area contributed by atoms with Crippen LogP contribution in [0.1, 0.15) is 43.0 Å². The van der Waals surface area contributed by atoms with Gasteiger partial charge in [-0.05, 0) is 112 Å². The Morgan fingerprint density at radius 3 is 1.72 bits per heavy atom. The number of nitrogen functional groups attached to an aromatic ring is 1. The maximum absolute atomic E-state index is 13.1. The van der Waals surface area contributed by atoms with Crippen molar-refractivity contribution >= 4 is 60.8 Å². The summed E-state index contributed by atoms with van der Waals surface area (Å²) in [6.45, 7) is 6.30. The summed E-state index contributed by atoms with van der Waals surface area (Å²) < 4.78 is 80.9. The Balaban J connectivity index is 0.000000179. The van der Waals surface area contributed by atoms with E-state index in [2.05, 4.69) is 45.2 Å². The number of carbonyl (C=O) groups excluding carboxylic acids is 1. The number of anilines is 2. The van der Waals surface area contributed by atoms with Gasteiger partial charge in [0.05, 0.1) is 22.2 Å². The Hall–Kier alpha value is -6.75. The van der Waals surface area contributed by atoms with E-state index < -0.39 is 41.2 Å². The highest BCUT2D eigenvalue weighted by Gasteiger charge is 2.33. The molecule has 1 aliphatic rings. The van der Waals surface area contributed by atoms with Crippen LogP contribution in [0, 0.1) is 0 Å². The van der Waals surface area contributed by atoms with E-state index in [0.717, 1.165) is 80.7 Å². The lowest BCUT2D eigenvalue weighted by atomic mass is 10.0. The van der Waals surface area contributed by atoms with Crippen LogP contribution in [0.2, 0.25) is 0 Å². The number of benzene rings is 4. The SMILES string of the molecule is CC(C)(C)OC(=O)N(C[C@@H](N)Cc1ccc(C(F)(F)F)cc1)c1nnc(-c2ccc3ncncc3c2)s1.CN1C[C@@H]1Cc1ccc(C(F)(F)F)cc1.Nc1nnc(-c2ccc3ncncc3c2)s1. The number of alkyl halides is 6. The molecule has 9 rings (SSSR count). The maximum atomic E-state index is 13.1. The number of amides is 1.